The van der Waals surface area contributed by atoms with Gasteiger partial charge in [-0.1, -0.05) is 18.2 Å². The van der Waals surface area contributed by atoms with Gasteiger partial charge in [0, 0.05) is 17.9 Å². The van der Waals surface area contributed by atoms with Gasteiger partial charge in [0.05, 0.1) is 18.2 Å². The standard InChI is InChI=1S/C20H20F3N3O2/c21-20(22,23)15-10-8-14(9-11-15)18(27)26-19(24-13-17-7-4-12-28-17)25-16-5-2-1-3-6-16/h1-3,5-6,8-11,17H,4,7,12-13H2,(H2,24,25,26,27). The fourth-order valence-electron chi connectivity index (χ4n) is 2.74. The average Bonchev–Trinajstić information content (AvgIpc) is 3.20. The highest BCUT2D eigenvalue weighted by molar-refractivity contribution is 6.09. The fourth-order valence-corrected chi connectivity index (χ4v) is 2.74. The number of nitrogens with zero attached hydrogens (tertiary/aromatic N) is 1. The second kappa shape index (κ2) is 8.88. The van der Waals surface area contributed by atoms with Gasteiger partial charge in [-0.15, -0.1) is 0 Å². The summed E-state index contributed by atoms with van der Waals surface area (Å²) in [6.07, 6.45) is -2.58. The number of hydrogen-bond acceptors (Lipinski definition) is 3. The molecule has 1 aliphatic rings. The van der Waals surface area contributed by atoms with Gasteiger partial charge in [-0.05, 0) is 49.2 Å². The third-order valence-corrected chi connectivity index (χ3v) is 4.22. The maximum Gasteiger partial charge on any atom is 0.416 e. The van der Waals surface area contributed by atoms with Gasteiger partial charge in [-0.2, -0.15) is 13.2 Å². The highest BCUT2D eigenvalue weighted by Gasteiger charge is 2.30. The van der Waals surface area contributed by atoms with Gasteiger partial charge in [0.25, 0.3) is 5.91 Å². The SMILES string of the molecule is O=C(NC(=NCC1CCCO1)Nc1ccccc1)c1ccc(C(F)(F)F)cc1. The van der Waals surface area contributed by atoms with E-state index in [9.17, 15) is 18.0 Å². The molecule has 1 atom stereocenters. The van der Waals surface area contributed by atoms with Crippen molar-refractivity contribution in [3.05, 3.63) is 65.7 Å². The lowest BCUT2D eigenvalue weighted by atomic mass is 10.1. The van der Waals surface area contributed by atoms with E-state index in [-0.39, 0.29) is 17.6 Å². The Balaban J connectivity index is 1.71. The number of halogens is 3. The molecule has 0 saturated carbocycles. The molecule has 1 fully saturated rings. The Morgan fingerprint density at radius 1 is 1.11 bits per heavy atom. The van der Waals surface area contributed by atoms with E-state index in [0.29, 0.717) is 13.2 Å². The third-order valence-electron chi connectivity index (χ3n) is 4.22. The van der Waals surface area contributed by atoms with Crippen LogP contribution < -0.4 is 10.6 Å². The van der Waals surface area contributed by atoms with Crippen molar-refractivity contribution in [2.24, 2.45) is 4.99 Å². The van der Waals surface area contributed by atoms with Crippen LogP contribution in [0.2, 0.25) is 0 Å². The molecule has 0 aliphatic carbocycles. The molecule has 1 amide bonds. The Hall–Kier alpha value is -2.87. The first-order valence-corrected chi connectivity index (χ1v) is 8.88. The Labute approximate surface area is 160 Å². The van der Waals surface area contributed by atoms with E-state index >= 15 is 0 Å². The molecule has 28 heavy (non-hydrogen) atoms. The number of ether oxygens (including phenoxy) is 1. The van der Waals surface area contributed by atoms with Gasteiger partial charge in [-0.3, -0.25) is 10.1 Å². The molecule has 0 aromatic heterocycles. The van der Waals surface area contributed by atoms with Crippen LogP contribution in [-0.4, -0.2) is 31.1 Å². The summed E-state index contributed by atoms with van der Waals surface area (Å²) in [6.45, 7) is 1.07. The van der Waals surface area contributed by atoms with E-state index in [4.69, 9.17) is 4.74 Å². The average molecular weight is 391 g/mol. The van der Waals surface area contributed by atoms with E-state index in [1.165, 1.54) is 0 Å². The number of amides is 1. The fraction of sp³-hybridized carbons (Fsp3) is 0.300. The Kier molecular flexibility index (Phi) is 6.30. The van der Waals surface area contributed by atoms with E-state index in [2.05, 4.69) is 15.6 Å². The maximum atomic E-state index is 12.7. The maximum absolute atomic E-state index is 12.7. The zero-order valence-electron chi connectivity index (χ0n) is 15.0. The van der Waals surface area contributed by atoms with Crippen LogP contribution in [0.25, 0.3) is 0 Å². The quantitative estimate of drug-likeness (QED) is 0.610. The normalized spacial score (nSPS) is 17.4. The molecule has 0 radical (unpaired) electrons. The second-order valence-electron chi connectivity index (χ2n) is 6.34. The predicted octanol–water partition coefficient (Wildman–Crippen LogP) is 4.08. The number of anilines is 1. The van der Waals surface area contributed by atoms with Crippen molar-refractivity contribution < 1.29 is 22.7 Å². The van der Waals surface area contributed by atoms with Crippen molar-refractivity contribution in [3.8, 4) is 0 Å². The van der Waals surface area contributed by atoms with Crippen LogP contribution in [0.5, 0.6) is 0 Å². The topological polar surface area (TPSA) is 62.7 Å². The molecule has 1 heterocycles. The molecule has 1 unspecified atom stereocenters. The number of hydrogen-bond donors (Lipinski definition) is 2. The summed E-state index contributed by atoms with van der Waals surface area (Å²) >= 11 is 0. The van der Waals surface area contributed by atoms with Gasteiger partial charge in [0.1, 0.15) is 0 Å². The molecule has 8 heteroatoms. The van der Waals surface area contributed by atoms with Crippen LogP contribution in [0, 0.1) is 0 Å². The second-order valence-corrected chi connectivity index (χ2v) is 6.34. The zero-order valence-corrected chi connectivity index (χ0v) is 15.0. The molecule has 5 nitrogen and oxygen atoms in total. The monoisotopic (exact) mass is 391 g/mol. The summed E-state index contributed by atoms with van der Waals surface area (Å²) in [5, 5.41) is 5.65. The minimum absolute atomic E-state index is 0.00413. The minimum atomic E-state index is -4.45. The van der Waals surface area contributed by atoms with Crippen LogP contribution in [0.15, 0.2) is 59.6 Å². The first-order valence-electron chi connectivity index (χ1n) is 8.88. The summed E-state index contributed by atoms with van der Waals surface area (Å²) in [4.78, 5) is 16.8. The van der Waals surface area contributed by atoms with Crippen molar-refractivity contribution in [2.75, 3.05) is 18.5 Å². The Bertz CT molecular complexity index is 815. The van der Waals surface area contributed by atoms with Gasteiger partial charge in [0.2, 0.25) is 5.96 Å². The van der Waals surface area contributed by atoms with Gasteiger partial charge in [-0.25, -0.2) is 4.99 Å². The number of alkyl halides is 3. The summed E-state index contributed by atoms with van der Waals surface area (Å²) in [5.74, 6) is -0.338. The van der Waals surface area contributed by atoms with E-state index < -0.39 is 17.6 Å². The van der Waals surface area contributed by atoms with Crippen LogP contribution in [0.3, 0.4) is 0 Å². The predicted molar refractivity (Wildman–Crippen MR) is 100 cm³/mol. The number of aliphatic imine (C=N–C) groups is 1. The largest absolute Gasteiger partial charge is 0.416 e. The number of para-hydroxylation sites is 1. The summed E-state index contributed by atoms with van der Waals surface area (Å²) < 4.78 is 43.6. The summed E-state index contributed by atoms with van der Waals surface area (Å²) in [6, 6.07) is 13.2. The molecule has 3 rings (SSSR count). The molecule has 2 aromatic carbocycles. The lowest BCUT2D eigenvalue weighted by molar-refractivity contribution is -0.137. The number of carbonyl (C=O) groups is 1. The lowest BCUT2D eigenvalue weighted by Crippen LogP contribution is -2.36. The summed E-state index contributed by atoms with van der Waals surface area (Å²) in [7, 11) is 0. The first-order chi connectivity index (χ1) is 13.4. The molecule has 1 aliphatic heterocycles. The minimum Gasteiger partial charge on any atom is -0.376 e. The van der Waals surface area contributed by atoms with Gasteiger partial charge in [0.15, 0.2) is 0 Å². The van der Waals surface area contributed by atoms with E-state index in [0.717, 1.165) is 42.8 Å². The molecule has 1 saturated heterocycles. The molecule has 2 aromatic rings. The number of nitrogens with one attached hydrogen (secondary N) is 2. The summed E-state index contributed by atoms with van der Waals surface area (Å²) in [5.41, 5.74) is 0.0210. The molecule has 0 bridgehead atoms. The number of carbonyl (C=O) groups excluding carboxylic acids is 1. The highest BCUT2D eigenvalue weighted by atomic mass is 19.4. The zero-order chi connectivity index (χ0) is 20.0. The van der Waals surface area contributed by atoms with Gasteiger partial charge >= 0.3 is 6.18 Å². The van der Waals surface area contributed by atoms with Crippen molar-refractivity contribution in [1.82, 2.24) is 5.32 Å². The van der Waals surface area contributed by atoms with Crippen LogP contribution >= 0.6 is 0 Å². The third kappa shape index (κ3) is 5.56. The van der Waals surface area contributed by atoms with Crippen molar-refractivity contribution in [2.45, 2.75) is 25.1 Å². The number of guanidine groups is 1. The van der Waals surface area contributed by atoms with E-state index in [1.54, 1.807) is 0 Å². The Morgan fingerprint density at radius 2 is 1.82 bits per heavy atom. The van der Waals surface area contributed by atoms with Gasteiger partial charge < -0.3 is 10.1 Å². The highest BCUT2D eigenvalue weighted by Crippen LogP contribution is 2.29. The Morgan fingerprint density at radius 3 is 2.43 bits per heavy atom. The van der Waals surface area contributed by atoms with Crippen LogP contribution in [0.1, 0.15) is 28.8 Å². The van der Waals surface area contributed by atoms with Crippen LogP contribution in [-0.2, 0) is 10.9 Å². The van der Waals surface area contributed by atoms with Crippen molar-refractivity contribution in [3.63, 3.8) is 0 Å². The smallest absolute Gasteiger partial charge is 0.376 e. The lowest BCUT2D eigenvalue weighted by Gasteiger charge is -2.14. The molecular formula is C20H20F3N3O2. The molecule has 148 valence electrons. The van der Waals surface area contributed by atoms with Crippen LogP contribution in [0.4, 0.5) is 18.9 Å². The number of benzene rings is 2. The molecular weight excluding hydrogens is 371 g/mol. The van der Waals surface area contributed by atoms with Crippen molar-refractivity contribution >= 4 is 17.6 Å². The molecule has 0 spiro atoms. The molecule has 2 N–H and O–H groups in total. The number of rotatable bonds is 4. The van der Waals surface area contributed by atoms with Crippen molar-refractivity contribution in [1.29, 1.82) is 0 Å². The first kappa shape index (κ1) is 19.9. The van der Waals surface area contributed by atoms with E-state index in [1.807, 2.05) is 30.3 Å².